The van der Waals surface area contributed by atoms with Crippen LogP contribution >= 0.6 is 12.4 Å². The molecule has 0 aromatic heterocycles. The third-order valence-electron chi connectivity index (χ3n) is 3.06. The van der Waals surface area contributed by atoms with Crippen LogP contribution in [-0.2, 0) is 9.53 Å². The van der Waals surface area contributed by atoms with Gasteiger partial charge in [-0.25, -0.2) is 0 Å². The van der Waals surface area contributed by atoms with E-state index in [0.717, 1.165) is 25.7 Å². The summed E-state index contributed by atoms with van der Waals surface area (Å²) in [4.78, 5) is 11.4. The normalized spacial score (nSPS) is 31.8. The molecular formula is C10H20ClNO2. The molecule has 1 aliphatic rings. The van der Waals surface area contributed by atoms with E-state index < -0.39 is 0 Å². The average molecular weight is 222 g/mol. The SMILES string of the molecule is CC[C@H]1CC[C@@H](N)C[C@H]1C(=O)OC.Cl. The van der Waals surface area contributed by atoms with E-state index in [1.807, 2.05) is 0 Å². The third-order valence-corrected chi connectivity index (χ3v) is 3.06. The summed E-state index contributed by atoms with van der Waals surface area (Å²) < 4.78 is 4.78. The summed E-state index contributed by atoms with van der Waals surface area (Å²) >= 11 is 0. The number of carbonyl (C=O) groups excluding carboxylic acids is 1. The Kier molecular flexibility index (Phi) is 6.12. The van der Waals surface area contributed by atoms with Gasteiger partial charge in [0, 0.05) is 6.04 Å². The summed E-state index contributed by atoms with van der Waals surface area (Å²) in [6.45, 7) is 2.12. The highest BCUT2D eigenvalue weighted by atomic mass is 35.5. The second kappa shape index (κ2) is 6.25. The highest BCUT2D eigenvalue weighted by molar-refractivity contribution is 5.85. The van der Waals surface area contributed by atoms with Crippen LogP contribution in [0.4, 0.5) is 0 Å². The molecule has 3 nitrogen and oxygen atoms in total. The number of ether oxygens (including phenoxy) is 1. The Labute approximate surface area is 91.8 Å². The second-order valence-corrected chi connectivity index (χ2v) is 3.87. The van der Waals surface area contributed by atoms with Crippen molar-refractivity contribution in [1.29, 1.82) is 0 Å². The summed E-state index contributed by atoms with van der Waals surface area (Å²) in [6, 6.07) is 0.187. The number of esters is 1. The minimum absolute atomic E-state index is 0. The largest absolute Gasteiger partial charge is 0.469 e. The fourth-order valence-corrected chi connectivity index (χ4v) is 2.19. The summed E-state index contributed by atoms with van der Waals surface area (Å²) in [7, 11) is 1.45. The molecule has 14 heavy (non-hydrogen) atoms. The van der Waals surface area contributed by atoms with Gasteiger partial charge in [0.2, 0.25) is 0 Å². The Morgan fingerprint density at radius 3 is 2.64 bits per heavy atom. The minimum atomic E-state index is -0.0815. The topological polar surface area (TPSA) is 52.3 Å². The van der Waals surface area contributed by atoms with Crippen molar-refractivity contribution >= 4 is 18.4 Å². The molecule has 0 aromatic rings. The van der Waals surface area contributed by atoms with E-state index in [1.165, 1.54) is 7.11 Å². The van der Waals surface area contributed by atoms with Crippen LogP contribution in [0.25, 0.3) is 0 Å². The molecule has 0 aromatic carbocycles. The van der Waals surface area contributed by atoms with Crippen LogP contribution in [0.3, 0.4) is 0 Å². The van der Waals surface area contributed by atoms with Crippen LogP contribution in [0.1, 0.15) is 32.6 Å². The zero-order valence-corrected chi connectivity index (χ0v) is 9.68. The van der Waals surface area contributed by atoms with Crippen molar-refractivity contribution in [2.24, 2.45) is 17.6 Å². The van der Waals surface area contributed by atoms with Gasteiger partial charge < -0.3 is 10.5 Å². The van der Waals surface area contributed by atoms with Gasteiger partial charge in [0.25, 0.3) is 0 Å². The maximum atomic E-state index is 11.4. The predicted octanol–water partition coefficient (Wildman–Crippen LogP) is 1.73. The van der Waals surface area contributed by atoms with Gasteiger partial charge in [-0.15, -0.1) is 12.4 Å². The fraction of sp³-hybridized carbons (Fsp3) is 0.900. The van der Waals surface area contributed by atoms with Crippen molar-refractivity contribution in [3.63, 3.8) is 0 Å². The van der Waals surface area contributed by atoms with E-state index in [-0.39, 0.29) is 30.3 Å². The maximum Gasteiger partial charge on any atom is 0.308 e. The van der Waals surface area contributed by atoms with Crippen molar-refractivity contribution in [3.8, 4) is 0 Å². The molecule has 4 heteroatoms. The lowest BCUT2D eigenvalue weighted by Gasteiger charge is -2.32. The lowest BCUT2D eigenvalue weighted by atomic mass is 9.76. The minimum Gasteiger partial charge on any atom is -0.469 e. The van der Waals surface area contributed by atoms with Crippen molar-refractivity contribution in [2.75, 3.05) is 7.11 Å². The van der Waals surface area contributed by atoms with Crippen LogP contribution in [0.2, 0.25) is 0 Å². The standard InChI is InChI=1S/C10H19NO2.ClH/c1-3-7-4-5-8(11)6-9(7)10(12)13-2;/h7-9H,3-6,11H2,1-2H3;1H/t7-,8+,9+;/m0./s1. The lowest BCUT2D eigenvalue weighted by molar-refractivity contribution is -0.149. The zero-order chi connectivity index (χ0) is 9.84. The van der Waals surface area contributed by atoms with Gasteiger partial charge in [-0.3, -0.25) is 4.79 Å². The van der Waals surface area contributed by atoms with Gasteiger partial charge in [-0.2, -0.15) is 0 Å². The first kappa shape index (κ1) is 13.7. The van der Waals surface area contributed by atoms with E-state index in [2.05, 4.69) is 6.92 Å². The number of halogens is 1. The molecule has 1 saturated carbocycles. The Bertz CT molecular complexity index is 187. The van der Waals surface area contributed by atoms with E-state index >= 15 is 0 Å². The number of hydrogen-bond acceptors (Lipinski definition) is 3. The number of methoxy groups -OCH3 is 1. The average Bonchev–Trinajstić information content (AvgIpc) is 2.16. The second-order valence-electron chi connectivity index (χ2n) is 3.87. The van der Waals surface area contributed by atoms with E-state index in [0.29, 0.717) is 5.92 Å². The summed E-state index contributed by atoms with van der Waals surface area (Å²) in [5, 5.41) is 0. The number of carbonyl (C=O) groups is 1. The molecule has 3 atom stereocenters. The number of hydrogen-bond donors (Lipinski definition) is 1. The molecule has 0 radical (unpaired) electrons. The van der Waals surface area contributed by atoms with Crippen molar-refractivity contribution in [1.82, 2.24) is 0 Å². The monoisotopic (exact) mass is 221 g/mol. The Morgan fingerprint density at radius 2 is 2.14 bits per heavy atom. The highest BCUT2D eigenvalue weighted by Gasteiger charge is 2.33. The third kappa shape index (κ3) is 3.14. The summed E-state index contributed by atoms with van der Waals surface area (Å²) in [5.41, 5.74) is 5.83. The Morgan fingerprint density at radius 1 is 1.50 bits per heavy atom. The molecule has 0 aliphatic heterocycles. The van der Waals surface area contributed by atoms with Crippen molar-refractivity contribution in [3.05, 3.63) is 0 Å². The molecule has 0 heterocycles. The molecule has 0 amide bonds. The number of rotatable bonds is 2. The van der Waals surface area contributed by atoms with Crippen LogP contribution < -0.4 is 5.73 Å². The smallest absolute Gasteiger partial charge is 0.308 e. The van der Waals surface area contributed by atoms with Gasteiger partial charge in [-0.05, 0) is 25.2 Å². The Balaban J connectivity index is 0.00000169. The van der Waals surface area contributed by atoms with Gasteiger partial charge >= 0.3 is 5.97 Å². The van der Waals surface area contributed by atoms with Crippen molar-refractivity contribution in [2.45, 2.75) is 38.6 Å². The van der Waals surface area contributed by atoms with Gasteiger partial charge in [0.1, 0.15) is 0 Å². The first-order chi connectivity index (χ1) is 6.19. The molecule has 2 N–H and O–H groups in total. The summed E-state index contributed by atoms with van der Waals surface area (Å²) in [6.07, 6.45) is 3.96. The van der Waals surface area contributed by atoms with Gasteiger partial charge in [-0.1, -0.05) is 13.3 Å². The van der Waals surface area contributed by atoms with Crippen LogP contribution in [0.5, 0.6) is 0 Å². The highest BCUT2D eigenvalue weighted by Crippen LogP contribution is 2.32. The Hall–Kier alpha value is -0.280. The fourth-order valence-electron chi connectivity index (χ4n) is 2.19. The summed E-state index contributed by atoms with van der Waals surface area (Å²) in [5.74, 6) is 0.438. The van der Waals surface area contributed by atoms with Crippen LogP contribution in [0, 0.1) is 11.8 Å². The molecule has 1 rings (SSSR count). The first-order valence-corrected chi connectivity index (χ1v) is 5.02. The molecule has 0 unspecified atom stereocenters. The molecule has 0 spiro atoms. The van der Waals surface area contributed by atoms with E-state index in [9.17, 15) is 4.79 Å². The van der Waals surface area contributed by atoms with Crippen LogP contribution in [-0.4, -0.2) is 19.1 Å². The lowest BCUT2D eigenvalue weighted by Crippen LogP contribution is -2.37. The van der Waals surface area contributed by atoms with Gasteiger partial charge in [0.15, 0.2) is 0 Å². The molecule has 1 fully saturated rings. The molecule has 1 aliphatic carbocycles. The zero-order valence-electron chi connectivity index (χ0n) is 8.86. The van der Waals surface area contributed by atoms with E-state index in [4.69, 9.17) is 10.5 Å². The molecule has 84 valence electrons. The predicted molar refractivity (Wildman–Crippen MR) is 58.4 cm³/mol. The number of nitrogens with two attached hydrogens (primary N) is 1. The first-order valence-electron chi connectivity index (χ1n) is 5.02. The maximum absolute atomic E-state index is 11.4. The van der Waals surface area contributed by atoms with E-state index in [1.54, 1.807) is 0 Å². The van der Waals surface area contributed by atoms with Gasteiger partial charge in [0.05, 0.1) is 13.0 Å². The quantitative estimate of drug-likeness (QED) is 0.723. The molecule has 0 bridgehead atoms. The molecular weight excluding hydrogens is 202 g/mol. The molecule has 0 saturated heterocycles. The van der Waals surface area contributed by atoms with Crippen molar-refractivity contribution < 1.29 is 9.53 Å². The van der Waals surface area contributed by atoms with Crippen LogP contribution in [0.15, 0.2) is 0 Å².